The summed E-state index contributed by atoms with van der Waals surface area (Å²) in [5.41, 5.74) is 2.37. The lowest BCUT2D eigenvalue weighted by Crippen LogP contribution is -2.48. The number of nitrogens with two attached hydrogens (primary N) is 1. The Morgan fingerprint density at radius 3 is 2.47 bits per heavy atom. The van der Waals surface area contributed by atoms with E-state index in [1.807, 2.05) is 4.90 Å². The zero-order chi connectivity index (χ0) is 13.8. The fourth-order valence-electron chi connectivity index (χ4n) is 1.86. The molecule has 1 aromatic rings. The Bertz CT molecular complexity index is 437. The van der Waals surface area contributed by atoms with Crippen molar-refractivity contribution < 1.29 is 9.53 Å². The molecule has 0 atom stereocenters. The molecule has 0 spiro atoms. The smallest absolute Gasteiger partial charge is 0.322 e. The van der Waals surface area contributed by atoms with Gasteiger partial charge < -0.3 is 14.5 Å². The SMILES string of the molecule is COc1nc(NN)nc(N2CCN(C(C)=O)CC2)n1. The van der Waals surface area contributed by atoms with Gasteiger partial charge >= 0.3 is 6.01 Å². The van der Waals surface area contributed by atoms with Crippen molar-refractivity contribution in [2.45, 2.75) is 6.92 Å². The minimum atomic E-state index is 0.0807. The Hall–Kier alpha value is -2.16. The molecular weight excluding hydrogens is 250 g/mol. The van der Waals surface area contributed by atoms with Crippen LogP contribution in [0.1, 0.15) is 6.92 Å². The predicted molar refractivity (Wildman–Crippen MR) is 68.7 cm³/mol. The number of hydrazine groups is 1. The summed E-state index contributed by atoms with van der Waals surface area (Å²) in [6.07, 6.45) is 0. The van der Waals surface area contributed by atoms with Crippen LogP contribution in [-0.4, -0.2) is 59.0 Å². The lowest BCUT2D eigenvalue weighted by Gasteiger charge is -2.34. The number of rotatable bonds is 3. The summed E-state index contributed by atoms with van der Waals surface area (Å²) in [6, 6.07) is 0.201. The van der Waals surface area contributed by atoms with E-state index < -0.39 is 0 Å². The van der Waals surface area contributed by atoms with Crippen molar-refractivity contribution >= 4 is 17.8 Å². The molecular formula is C10H17N7O2. The van der Waals surface area contributed by atoms with Gasteiger partial charge in [0.05, 0.1) is 7.11 Å². The number of methoxy groups -OCH3 is 1. The van der Waals surface area contributed by atoms with Gasteiger partial charge in [-0.15, -0.1) is 0 Å². The fourth-order valence-corrected chi connectivity index (χ4v) is 1.86. The minimum Gasteiger partial charge on any atom is -0.467 e. The van der Waals surface area contributed by atoms with E-state index in [1.54, 1.807) is 11.8 Å². The number of ether oxygens (including phenoxy) is 1. The van der Waals surface area contributed by atoms with Gasteiger partial charge in [-0.2, -0.15) is 15.0 Å². The van der Waals surface area contributed by atoms with Crippen molar-refractivity contribution in [3.63, 3.8) is 0 Å². The summed E-state index contributed by atoms with van der Waals surface area (Å²) in [5.74, 6) is 6.12. The van der Waals surface area contributed by atoms with Gasteiger partial charge in [0, 0.05) is 33.1 Å². The second kappa shape index (κ2) is 5.65. The van der Waals surface area contributed by atoms with Crippen LogP contribution in [0.2, 0.25) is 0 Å². The van der Waals surface area contributed by atoms with E-state index >= 15 is 0 Å². The molecule has 1 saturated heterocycles. The minimum absolute atomic E-state index is 0.0807. The molecule has 0 saturated carbocycles. The second-order valence-corrected chi connectivity index (χ2v) is 4.08. The largest absolute Gasteiger partial charge is 0.467 e. The number of hydrogen-bond donors (Lipinski definition) is 2. The highest BCUT2D eigenvalue weighted by molar-refractivity contribution is 5.73. The van der Waals surface area contributed by atoms with Crippen LogP contribution < -0.4 is 20.9 Å². The molecule has 9 nitrogen and oxygen atoms in total. The van der Waals surface area contributed by atoms with Crippen LogP contribution in [0.3, 0.4) is 0 Å². The molecule has 9 heteroatoms. The highest BCUT2D eigenvalue weighted by atomic mass is 16.5. The average Bonchev–Trinajstić information content (AvgIpc) is 2.46. The topological polar surface area (TPSA) is 109 Å². The second-order valence-electron chi connectivity index (χ2n) is 4.08. The maximum absolute atomic E-state index is 11.3. The van der Waals surface area contributed by atoms with Gasteiger partial charge in [0.15, 0.2) is 0 Å². The number of nitrogen functional groups attached to an aromatic ring is 1. The van der Waals surface area contributed by atoms with Gasteiger partial charge in [0.25, 0.3) is 0 Å². The first-order valence-corrected chi connectivity index (χ1v) is 5.91. The van der Waals surface area contributed by atoms with Crippen LogP contribution in [0.25, 0.3) is 0 Å². The molecule has 1 aromatic heterocycles. The molecule has 3 N–H and O–H groups in total. The third-order valence-corrected chi connectivity index (χ3v) is 2.92. The number of carbonyl (C=O) groups excluding carboxylic acids is 1. The Kier molecular flexibility index (Phi) is 3.95. The van der Waals surface area contributed by atoms with Gasteiger partial charge in [-0.1, -0.05) is 0 Å². The normalized spacial score (nSPS) is 15.3. The number of carbonyl (C=O) groups is 1. The van der Waals surface area contributed by atoms with Crippen molar-refractivity contribution in [3.05, 3.63) is 0 Å². The summed E-state index contributed by atoms with van der Waals surface area (Å²) < 4.78 is 5.00. The number of anilines is 2. The van der Waals surface area contributed by atoms with E-state index in [0.717, 1.165) is 0 Å². The number of aromatic nitrogens is 3. The molecule has 0 radical (unpaired) electrons. The van der Waals surface area contributed by atoms with Crippen molar-refractivity contribution in [1.29, 1.82) is 0 Å². The highest BCUT2D eigenvalue weighted by Crippen LogP contribution is 2.16. The lowest BCUT2D eigenvalue weighted by molar-refractivity contribution is -0.129. The number of nitrogens with zero attached hydrogens (tertiary/aromatic N) is 5. The summed E-state index contributed by atoms with van der Waals surface area (Å²) in [7, 11) is 1.48. The monoisotopic (exact) mass is 267 g/mol. The van der Waals surface area contributed by atoms with Gasteiger partial charge in [0.2, 0.25) is 17.8 Å². The molecule has 1 aliphatic heterocycles. The predicted octanol–water partition coefficient (Wildman–Crippen LogP) is -1.17. The van der Waals surface area contributed by atoms with Crippen LogP contribution >= 0.6 is 0 Å². The molecule has 0 aromatic carbocycles. The molecule has 0 bridgehead atoms. The van der Waals surface area contributed by atoms with Gasteiger partial charge in [-0.25, -0.2) is 5.84 Å². The lowest BCUT2D eigenvalue weighted by atomic mass is 10.3. The maximum Gasteiger partial charge on any atom is 0.322 e. The zero-order valence-electron chi connectivity index (χ0n) is 11.0. The third-order valence-electron chi connectivity index (χ3n) is 2.92. The Morgan fingerprint density at radius 1 is 1.26 bits per heavy atom. The first-order valence-electron chi connectivity index (χ1n) is 5.91. The molecule has 19 heavy (non-hydrogen) atoms. The summed E-state index contributed by atoms with van der Waals surface area (Å²) >= 11 is 0. The molecule has 1 aliphatic rings. The van der Waals surface area contributed by atoms with Crippen molar-refractivity contribution in [2.24, 2.45) is 5.84 Å². The van der Waals surface area contributed by atoms with Crippen LogP contribution in [0.15, 0.2) is 0 Å². The van der Waals surface area contributed by atoms with Gasteiger partial charge in [-0.3, -0.25) is 10.2 Å². The van der Waals surface area contributed by atoms with Crippen LogP contribution in [0.5, 0.6) is 6.01 Å². The Balaban J connectivity index is 2.12. The average molecular weight is 267 g/mol. The van der Waals surface area contributed by atoms with Crippen LogP contribution in [0, 0.1) is 0 Å². The van der Waals surface area contributed by atoms with Gasteiger partial charge in [0.1, 0.15) is 0 Å². The van der Waals surface area contributed by atoms with Crippen LogP contribution in [-0.2, 0) is 4.79 Å². The maximum atomic E-state index is 11.3. The highest BCUT2D eigenvalue weighted by Gasteiger charge is 2.21. The van der Waals surface area contributed by atoms with E-state index in [4.69, 9.17) is 10.6 Å². The van der Waals surface area contributed by atoms with Crippen molar-refractivity contribution in [2.75, 3.05) is 43.6 Å². The fraction of sp³-hybridized carbons (Fsp3) is 0.600. The van der Waals surface area contributed by atoms with Crippen molar-refractivity contribution in [1.82, 2.24) is 19.9 Å². The van der Waals surface area contributed by atoms with Gasteiger partial charge in [-0.05, 0) is 0 Å². The standard InChI is InChI=1S/C10H17N7O2/c1-7(18)16-3-5-17(6-4-16)9-12-8(15-11)13-10(14-9)19-2/h3-6,11H2,1-2H3,(H,12,13,14,15). The Labute approximate surface area is 110 Å². The quantitative estimate of drug-likeness (QED) is 0.521. The Morgan fingerprint density at radius 2 is 1.95 bits per heavy atom. The van der Waals surface area contributed by atoms with Crippen LogP contribution in [0.4, 0.5) is 11.9 Å². The third kappa shape index (κ3) is 2.99. The number of nitrogens with one attached hydrogen (secondary N) is 1. The van der Waals surface area contributed by atoms with Crippen molar-refractivity contribution in [3.8, 4) is 6.01 Å². The summed E-state index contributed by atoms with van der Waals surface area (Å²) in [6.45, 7) is 4.19. The summed E-state index contributed by atoms with van der Waals surface area (Å²) in [4.78, 5) is 27.3. The van der Waals surface area contributed by atoms with E-state index in [-0.39, 0.29) is 17.9 Å². The molecule has 2 rings (SSSR count). The first-order chi connectivity index (χ1) is 9.13. The number of piperazine rings is 1. The number of hydrogen-bond acceptors (Lipinski definition) is 8. The van der Waals surface area contributed by atoms with E-state index in [1.165, 1.54) is 7.11 Å². The molecule has 0 aliphatic carbocycles. The number of amides is 1. The zero-order valence-corrected chi connectivity index (χ0v) is 11.0. The molecule has 0 unspecified atom stereocenters. The molecule has 104 valence electrons. The van der Waals surface area contributed by atoms with E-state index in [9.17, 15) is 4.79 Å². The van der Waals surface area contributed by atoms with E-state index in [0.29, 0.717) is 32.1 Å². The van der Waals surface area contributed by atoms with E-state index in [2.05, 4.69) is 20.4 Å². The summed E-state index contributed by atoms with van der Waals surface area (Å²) in [5, 5.41) is 0. The molecule has 1 fully saturated rings. The first kappa shape index (κ1) is 13.3. The molecule has 2 heterocycles. The molecule has 1 amide bonds.